The maximum Gasteiger partial charge on any atom is 0.217 e. The van der Waals surface area contributed by atoms with Crippen molar-refractivity contribution in [2.75, 3.05) is 19.8 Å². The van der Waals surface area contributed by atoms with E-state index in [1.807, 2.05) is 24.3 Å². The summed E-state index contributed by atoms with van der Waals surface area (Å²) in [5.74, 6) is 0.637. The molecule has 0 fully saturated rings. The number of rotatable bonds is 14. The van der Waals surface area contributed by atoms with Crippen LogP contribution in [0.15, 0.2) is 24.3 Å². The van der Waals surface area contributed by atoms with E-state index in [0.717, 1.165) is 37.2 Å². The van der Waals surface area contributed by atoms with Crippen molar-refractivity contribution in [1.82, 2.24) is 5.32 Å². The average molecular weight is 366 g/mol. The van der Waals surface area contributed by atoms with E-state index in [9.17, 15) is 15.0 Å². The lowest BCUT2D eigenvalue weighted by atomic mass is 9.93. The number of aryl methyl sites for hydroxylation is 1. The van der Waals surface area contributed by atoms with E-state index in [1.54, 1.807) is 0 Å². The monoisotopic (exact) mass is 365 g/mol. The molecule has 0 atom stereocenters. The first-order valence-electron chi connectivity index (χ1n) is 9.77. The third-order valence-corrected chi connectivity index (χ3v) is 4.58. The van der Waals surface area contributed by atoms with Gasteiger partial charge in [0.1, 0.15) is 5.75 Å². The minimum atomic E-state index is -0.946. The molecule has 5 heteroatoms. The molecule has 5 nitrogen and oxygen atoms in total. The number of hydrogen-bond donors (Lipinski definition) is 3. The number of amides is 1. The topological polar surface area (TPSA) is 78.8 Å². The maximum absolute atomic E-state index is 11.3. The molecule has 0 spiro atoms. The van der Waals surface area contributed by atoms with Crippen molar-refractivity contribution in [2.24, 2.45) is 0 Å². The first kappa shape index (κ1) is 22.5. The molecular formula is C21H35NO4. The van der Waals surface area contributed by atoms with Crippen molar-refractivity contribution in [2.45, 2.75) is 70.8 Å². The number of carbonyl (C=O) groups is 1. The lowest BCUT2D eigenvalue weighted by molar-refractivity contribution is -0.122. The molecule has 0 saturated carbocycles. The number of hydrogen-bond acceptors (Lipinski definition) is 4. The Kier molecular flexibility index (Phi) is 11.0. The van der Waals surface area contributed by atoms with Crippen molar-refractivity contribution in [3.05, 3.63) is 29.8 Å². The van der Waals surface area contributed by atoms with Crippen molar-refractivity contribution < 1.29 is 19.7 Å². The summed E-state index contributed by atoms with van der Waals surface area (Å²) in [4.78, 5) is 11.3. The summed E-state index contributed by atoms with van der Waals surface area (Å²) in [6, 6.07) is 8.05. The molecule has 0 radical (unpaired) electrons. The number of benzene rings is 1. The van der Waals surface area contributed by atoms with Crippen LogP contribution in [-0.4, -0.2) is 41.5 Å². The fraction of sp³-hybridized carbons (Fsp3) is 0.667. The van der Waals surface area contributed by atoms with Gasteiger partial charge < -0.3 is 20.3 Å². The van der Waals surface area contributed by atoms with E-state index in [4.69, 9.17) is 4.74 Å². The Morgan fingerprint density at radius 2 is 1.85 bits per heavy atom. The molecule has 3 N–H and O–H groups in total. The predicted octanol–water partition coefficient (Wildman–Crippen LogP) is 3.22. The highest BCUT2D eigenvalue weighted by molar-refractivity contribution is 5.73. The number of nitrogens with one attached hydrogen (secondary N) is 1. The van der Waals surface area contributed by atoms with Gasteiger partial charge in [-0.2, -0.15) is 0 Å². The van der Waals surface area contributed by atoms with Gasteiger partial charge in [-0.05, 0) is 43.4 Å². The van der Waals surface area contributed by atoms with Gasteiger partial charge in [0.15, 0.2) is 0 Å². The van der Waals surface area contributed by atoms with Crippen LogP contribution in [0, 0.1) is 0 Å². The van der Waals surface area contributed by atoms with Crippen LogP contribution in [0.1, 0.15) is 64.4 Å². The van der Waals surface area contributed by atoms with Crippen LogP contribution in [-0.2, 0) is 11.2 Å². The molecule has 0 aliphatic carbocycles. The van der Waals surface area contributed by atoms with Gasteiger partial charge >= 0.3 is 0 Å². The van der Waals surface area contributed by atoms with Gasteiger partial charge in [0, 0.05) is 6.92 Å². The molecule has 0 aliphatic rings. The molecular weight excluding hydrogens is 330 g/mol. The molecule has 26 heavy (non-hydrogen) atoms. The quantitative estimate of drug-likeness (QED) is 0.442. The van der Waals surface area contributed by atoms with Crippen LogP contribution in [0.2, 0.25) is 0 Å². The summed E-state index contributed by atoms with van der Waals surface area (Å²) in [6.45, 7) is 3.80. The number of aliphatic hydroxyl groups excluding tert-OH is 2. The van der Waals surface area contributed by atoms with Gasteiger partial charge in [-0.3, -0.25) is 4.79 Å². The Labute approximate surface area is 157 Å². The molecule has 0 unspecified atom stereocenters. The zero-order chi connectivity index (χ0) is 19.3. The summed E-state index contributed by atoms with van der Waals surface area (Å²) in [7, 11) is 0. The fourth-order valence-corrected chi connectivity index (χ4v) is 3.04. The second-order valence-electron chi connectivity index (χ2n) is 7.04. The van der Waals surface area contributed by atoms with Gasteiger partial charge in [0.25, 0.3) is 0 Å². The molecule has 148 valence electrons. The van der Waals surface area contributed by atoms with Crippen molar-refractivity contribution >= 4 is 5.91 Å². The minimum Gasteiger partial charge on any atom is -0.494 e. The SMILES string of the molecule is CCCCCCCOc1cccc(CCCC(CO)(CO)NC(C)=O)c1. The van der Waals surface area contributed by atoms with E-state index < -0.39 is 5.54 Å². The van der Waals surface area contributed by atoms with E-state index in [1.165, 1.54) is 32.6 Å². The number of carbonyl (C=O) groups excluding carboxylic acids is 1. The highest BCUT2D eigenvalue weighted by Gasteiger charge is 2.28. The van der Waals surface area contributed by atoms with Crippen molar-refractivity contribution in [1.29, 1.82) is 0 Å². The van der Waals surface area contributed by atoms with Crippen LogP contribution < -0.4 is 10.1 Å². The van der Waals surface area contributed by atoms with Crippen molar-refractivity contribution in [3.63, 3.8) is 0 Å². The molecule has 0 aromatic heterocycles. The number of ether oxygens (including phenoxy) is 1. The van der Waals surface area contributed by atoms with Crippen molar-refractivity contribution in [3.8, 4) is 5.75 Å². The van der Waals surface area contributed by atoms with Crippen LogP contribution >= 0.6 is 0 Å². The Balaban J connectivity index is 2.42. The standard InChI is InChI=1S/C21H35NO4/c1-3-4-5-6-7-14-26-20-12-8-10-19(15-20)11-9-13-21(16-23,17-24)22-18(2)25/h8,10,12,15,23-24H,3-7,9,11,13-14,16-17H2,1-2H3,(H,22,25). The molecule has 0 heterocycles. The fourth-order valence-electron chi connectivity index (χ4n) is 3.04. The molecule has 1 aromatic carbocycles. The molecule has 0 aliphatic heterocycles. The van der Waals surface area contributed by atoms with Gasteiger partial charge in [0.05, 0.1) is 25.4 Å². The van der Waals surface area contributed by atoms with Gasteiger partial charge in [-0.25, -0.2) is 0 Å². The lowest BCUT2D eigenvalue weighted by Crippen LogP contribution is -2.53. The Morgan fingerprint density at radius 3 is 2.50 bits per heavy atom. The summed E-state index contributed by atoms with van der Waals surface area (Å²) in [6.07, 6.45) is 8.16. The lowest BCUT2D eigenvalue weighted by Gasteiger charge is -2.30. The minimum absolute atomic E-state index is 0.248. The molecule has 1 amide bonds. The summed E-state index contributed by atoms with van der Waals surface area (Å²) in [5.41, 5.74) is 0.208. The van der Waals surface area contributed by atoms with Gasteiger partial charge in [-0.1, -0.05) is 44.7 Å². The average Bonchev–Trinajstić information content (AvgIpc) is 2.64. The smallest absolute Gasteiger partial charge is 0.217 e. The number of unbranched alkanes of at least 4 members (excludes halogenated alkanes) is 4. The van der Waals surface area contributed by atoms with E-state index in [-0.39, 0.29) is 19.1 Å². The first-order chi connectivity index (χ1) is 12.5. The normalized spacial score (nSPS) is 11.4. The van der Waals surface area contributed by atoms with Crippen LogP contribution in [0.5, 0.6) is 5.75 Å². The summed E-state index contributed by atoms with van der Waals surface area (Å²) >= 11 is 0. The third kappa shape index (κ3) is 8.68. The Hall–Kier alpha value is -1.59. The second-order valence-corrected chi connectivity index (χ2v) is 7.04. The van der Waals surface area contributed by atoms with Crippen LogP contribution in [0.25, 0.3) is 0 Å². The van der Waals surface area contributed by atoms with Gasteiger partial charge in [0.2, 0.25) is 5.91 Å². The predicted molar refractivity (Wildman–Crippen MR) is 104 cm³/mol. The maximum atomic E-state index is 11.3. The van der Waals surface area contributed by atoms with E-state index >= 15 is 0 Å². The highest BCUT2D eigenvalue weighted by Crippen LogP contribution is 2.19. The summed E-state index contributed by atoms with van der Waals surface area (Å²) < 4.78 is 5.83. The molecule has 0 saturated heterocycles. The zero-order valence-electron chi connectivity index (χ0n) is 16.3. The largest absolute Gasteiger partial charge is 0.494 e. The summed E-state index contributed by atoms with van der Waals surface area (Å²) in [5, 5.41) is 21.8. The first-order valence-corrected chi connectivity index (χ1v) is 9.77. The Bertz CT molecular complexity index is 514. The number of aliphatic hydroxyl groups is 2. The molecule has 1 aromatic rings. The third-order valence-electron chi connectivity index (χ3n) is 4.58. The van der Waals surface area contributed by atoms with E-state index in [0.29, 0.717) is 6.42 Å². The van der Waals surface area contributed by atoms with E-state index in [2.05, 4.69) is 12.2 Å². The van der Waals surface area contributed by atoms with Gasteiger partial charge in [-0.15, -0.1) is 0 Å². The molecule has 1 rings (SSSR count). The second kappa shape index (κ2) is 12.7. The van der Waals surface area contributed by atoms with Crippen LogP contribution in [0.3, 0.4) is 0 Å². The highest BCUT2D eigenvalue weighted by atomic mass is 16.5. The Morgan fingerprint density at radius 1 is 1.12 bits per heavy atom. The molecule has 0 bridgehead atoms. The van der Waals surface area contributed by atoms with Crippen LogP contribution in [0.4, 0.5) is 0 Å². The zero-order valence-corrected chi connectivity index (χ0v) is 16.3.